The monoisotopic (exact) mass is 376 g/mol. The van der Waals surface area contributed by atoms with Gasteiger partial charge in [0.1, 0.15) is 17.2 Å². The van der Waals surface area contributed by atoms with Gasteiger partial charge in [-0.05, 0) is 43.3 Å². The van der Waals surface area contributed by atoms with E-state index in [4.69, 9.17) is 9.15 Å². The van der Waals surface area contributed by atoms with Crippen LogP contribution in [0.2, 0.25) is 0 Å². The lowest BCUT2D eigenvalue weighted by atomic mass is 10.1. The molecule has 0 unspecified atom stereocenters. The van der Waals surface area contributed by atoms with Crippen molar-refractivity contribution in [1.29, 1.82) is 0 Å². The van der Waals surface area contributed by atoms with E-state index < -0.39 is 5.91 Å². The van der Waals surface area contributed by atoms with E-state index in [9.17, 15) is 9.59 Å². The van der Waals surface area contributed by atoms with Gasteiger partial charge < -0.3 is 19.8 Å². The Labute approximate surface area is 162 Å². The number of aryl methyl sites for hydroxylation is 1. The fraction of sp³-hybridized carbons (Fsp3) is 0.0909. The molecule has 6 nitrogen and oxygen atoms in total. The van der Waals surface area contributed by atoms with Crippen molar-refractivity contribution in [2.45, 2.75) is 6.92 Å². The van der Waals surface area contributed by atoms with Gasteiger partial charge in [0.15, 0.2) is 0 Å². The number of hydrogen-bond donors (Lipinski definition) is 2. The third-order valence-corrected chi connectivity index (χ3v) is 3.93. The second-order valence-electron chi connectivity index (χ2n) is 6.08. The molecule has 3 rings (SSSR count). The van der Waals surface area contributed by atoms with Crippen LogP contribution in [0, 0.1) is 6.92 Å². The first-order valence-corrected chi connectivity index (χ1v) is 8.64. The summed E-state index contributed by atoms with van der Waals surface area (Å²) in [5.74, 6) is 0.187. The summed E-state index contributed by atoms with van der Waals surface area (Å²) in [7, 11) is 1.55. The zero-order valence-electron chi connectivity index (χ0n) is 15.6. The van der Waals surface area contributed by atoms with Gasteiger partial charge in [-0.25, -0.2) is 0 Å². The van der Waals surface area contributed by atoms with Crippen LogP contribution in [-0.4, -0.2) is 18.9 Å². The number of carbonyl (C=O) groups excluding carboxylic acids is 2. The molecule has 6 heteroatoms. The minimum atomic E-state index is -0.481. The Morgan fingerprint density at radius 3 is 2.57 bits per heavy atom. The van der Waals surface area contributed by atoms with E-state index in [0.717, 1.165) is 5.56 Å². The normalized spacial score (nSPS) is 11.0. The van der Waals surface area contributed by atoms with Crippen LogP contribution < -0.4 is 15.4 Å². The number of carbonyl (C=O) groups is 2. The van der Waals surface area contributed by atoms with Crippen LogP contribution in [0.3, 0.4) is 0 Å². The molecule has 0 aliphatic carbocycles. The van der Waals surface area contributed by atoms with Crippen molar-refractivity contribution < 1.29 is 18.7 Å². The fourth-order valence-electron chi connectivity index (χ4n) is 2.55. The number of nitrogens with one attached hydrogen (secondary N) is 2. The number of amides is 2. The molecule has 3 aromatic rings. The molecule has 1 heterocycles. The molecule has 0 aliphatic rings. The molecule has 0 aliphatic heterocycles. The number of anilines is 1. The first kappa shape index (κ1) is 19.0. The maximum Gasteiger partial charge on any atom is 0.272 e. The second kappa shape index (κ2) is 8.73. The lowest BCUT2D eigenvalue weighted by molar-refractivity contribution is -0.113. The predicted octanol–water partition coefficient (Wildman–Crippen LogP) is 4.01. The molecule has 0 fully saturated rings. The minimum absolute atomic E-state index is 0.0595. The van der Waals surface area contributed by atoms with Crippen molar-refractivity contribution in [2.24, 2.45) is 0 Å². The first-order valence-electron chi connectivity index (χ1n) is 8.64. The van der Waals surface area contributed by atoms with Crippen LogP contribution in [0.1, 0.15) is 21.7 Å². The molecule has 0 atom stereocenters. The second-order valence-corrected chi connectivity index (χ2v) is 6.08. The number of methoxy groups -OCH3 is 1. The quantitative estimate of drug-likeness (QED) is 0.637. The Bertz CT molecular complexity index is 1010. The Morgan fingerprint density at radius 1 is 1.04 bits per heavy atom. The van der Waals surface area contributed by atoms with E-state index in [1.54, 1.807) is 61.7 Å². The van der Waals surface area contributed by atoms with Gasteiger partial charge in [0.2, 0.25) is 0 Å². The van der Waals surface area contributed by atoms with Crippen molar-refractivity contribution in [3.63, 3.8) is 0 Å². The third kappa shape index (κ3) is 4.88. The maximum absolute atomic E-state index is 12.8. The average molecular weight is 376 g/mol. The number of ether oxygens (including phenoxy) is 1. The van der Waals surface area contributed by atoms with Crippen LogP contribution in [0.25, 0.3) is 6.08 Å². The SMILES string of the molecule is COc1cccc(NC(=O)/C(=C/c2ccco2)NC(=O)c2cccc(C)c2)c1. The molecule has 0 saturated carbocycles. The molecule has 2 N–H and O–H groups in total. The molecule has 1 aromatic heterocycles. The smallest absolute Gasteiger partial charge is 0.272 e. The van der Waals surface area contributed by atoms with Gasteiger partial charge in [0, 0.05) is 23.4 Å². The lowest BCUT2D eigenvalue weighted by Crippen LogP contribution is -2.30. The highest BCUT2D eigenvalue weighted by Crippen LogP contribution is 2.18. The van der Waals surface area contributed by atoms with Crippen molar-refractivity contribution in [3.05, 3.63) is 89.5 Å². The van der Waals surface area contributed by atoms with Crippen molar-refractivity contribution in [3.8, 4) is 5.75 Å². The summed E-state index contributed by atoms with van der Waals surface area (Å²) in [4.78, 5) is 25.4. The number of hydrogen-bond acceptors (Lipinski definition) is 4. The van der Waals surface area contributed by atoms with E-state index in [1.807, 2.05) is 13.0 Å². The molecular weight excluding hydrogens is 356 g/mol. The molecule has 0 radical (unpaired) electrons. The highest BCUT2D eigenvalue weighted by Gasteiger charge is 2.16. The molecular formula is C22H20N2O4. The largest absolute Gasteiger partial charge is 0.497 e. The van der Waals surface area contributed by atoms with Crippen LogP contribution in [0.4, 0.5) is 5.69 Å². The molecule has 0 spiro atoms. The lowest BCUT2D eigenvalue weighted by Gasteiger charge is -2.12. The summed E-state index contributed by atoms with van der Waals surface area (Å²) in [5.41, 5.74) is 2.01. The molecule has 142 valence electrons. The first-order chi connectivity index (χ1) is 13.5. The van der Waals surface area contributed by atoms with Gasteiger partial charge in [-0.3, -0.25) is 9.59 Å². The topological polar surface area (TPSA) is 80.6 Å². The van der Waals surface area contributed by atoms with Crippen LogP contribution >= 0.6 is 0 Å². The standard InChI is InChI=1S/C22H20N2O4/c1-15-6-3-7-16(12-15)21(25)24-20(14-19-10-5-11-28-19)22(26)23-17-8-4-9-18(13-17)27-2/h3-14H,1-2H3,(H,23,26)(H,24,25)/b20-14-. The van der Waals surface area contributed by atoms with Gasteiger partial charge in [-0.2, -0.15) is 0 Å². The molecule has 2 amide bonds. The van der Waals surface area contributed by atoms with Crippen LogP contribution in [0.5, 0.6) is 5.75 Å². The maximum atomic E-state index is 12.8. The molecule has 28 heavy (non-hydrogen) atoms. The van der Waals surface area contributed by atoms with Crippen molar-refractivity contribution in [1.82, 2.24) is 5.32 Å². The fourth-order valence-corrected chi connectivity index (χ4v) is 2.55. The number of benzene rings is 2. The summed E-state index contributed by atoms with van der Waals surface area (Å²) >= 11 is 0. The summed E-state index contributed by atoms with van der Waals surface area (Å²) in [5, 5.41) is 5.42. The highest BCUT2D eigenvalue weighted by molar-refractivity contribution is 6.10. The minimum Gasteiger partial charge on any atom is -0.497 e. The number of furan rings is 1. The zero-order chi connectivity index (χ0) is 19.9. The Kier molecular flexibility index (Phi) is 5.91. The van der Waals surface area contributed by atoms with Crippen LogP contribution in [-0.2, 0) is 4.79 Å². The van der Waals surface area contributed by atoms with E-state index >= 15 is 0 Å². The average Bonchev–Trinajstić information content (AvgIpc) is 3.20. The van der Waals surface area contributed by atoms with Gasteiger partial charge in [-0.1, -0.05) is 23.8 Å². The van der Waals surface area contributed by atoms with E-state index in [-0.39, 0.29) is 11.6 Å². The molecule has 0 bridgehead atoms. The Balaban J connectivity index is 1.84. The van der Waals surface area contributed by atoms with Gasteiger partial charge in [0.25, 0.3) is 11.8 Å². The predicted molar refractivity (Wildman–Crippen MR) is 107 cm³/mol. The van der Waals surface area contributed by atoms with Crippen LogP contribution in [0.15, 0.2) is 77.0 Å². The summed E-state index contributed by atoms with van der Waals surface area (Å²) < 4.78 is 10.4. The van der Waals surface area contributed by atoms with Crippen molar-refractivity contribution >= 4 is 23.6 Å². The summed E-state index contributed by atoms with van der Waals surface area (Å²) in [6.07, 6.45) is 2.97. The summed E-state index contributed by atoms with van der Waals surface area (Å²) in [6.45, 7) is 1.89. The zero-order valence-corrected chi connectivity index (χ0v) is 15.6. The van der Waals surface area contributed by atoms with Gasteiger partial charge in [-0.15, -0.1) is 0 Å². The van der Waals surface area contributed by atoms with E-state index in [0.29, 0.717) is 22.8 Å². The summed E-state index contributed by atoms with van der Waals surface area (Å²) in [6, 6.07) is 17.5. The molecule has 0 saturated heterocycles. The Hall–Kier alpha value is -3.80. The molecule has 2 aromatic carbocycles. The Morgan fingerprint density at radius 2 is 1.86 bits per heavy atom. The van der Waals surface area contributed by atoms with Crippen molar-refractivity contribution in [2.75, 3.05) is 12.4 Å². The van der Waals surface area contributed by atoms with E-state index in [1.165, 1.54) is 12.3 Å². The van der Waals surface area contributed by atoms with Gasteiger partial charge >= 0.3 is 0 Å². The highest BCUT2D eigenvalue weighted by atomic mass is 16.5. The third-order valence-electron chi connectivity index (χ3n) is 3.93. The van der Waals surface area contributed by atoms with E-state index in [2.05, 4.69) is 10.6 Å². The number of rotatable bonds is 6. The van der Waals surface area contributed by atoms with Gasteiger partial charge in [0.05, 0.1) is 13.4 Å².